The average Bonchev–Trinajstić information content (AvgIpc) is 2.73. The van der Waals surface area contributed by atoms with Gasteiger partial charge in [0, 0.05) is 12.2 Å². The van der Waals surface area contributed by atoms with E-state index in [4.69, 9.17) is 17.3 Å². The first-order valence-corrected chi connectivity index (χ1v) is 6.43. The molecule has 2 heterocycles. The highest BCUT2D eigenvalue weighted by atomic mass is 35.5. The van der Waals surface area contributed by atoms with Gasteiger partial charge in [0.2, 0.25) is 0 Å². The lowest BCUT2D eigenvalue weighted by atomic mass is 9.93. The van der Waals surface area contributed by atoms with Crippen molar-refractivity contribution >= 4 is 17.2 Å². The Bertz CT molecular complexity index is 502. The second-order valence-corrected chi connectivity index (χ2v) is 4.80. The molecule has 4 heteroatoms. The maximum atomic E-state index is 6.32. The van der Waals surface area contributed by atoms with Crippen LogP contribution < -0.4 is 5.73 Å². The zero-order valence-corrected chi connectivity index (χ0v) is 11.0. The fourth-order valence-corrected chi connectivity index (χ4v) is 2.42. The molecular formula is C13H18ClN3. The Labute approximate surface area is 107 Å². The van der Waals surface area contributed by atoms with Crippen LogP contribution in [0, 0.1) is 5.92 Å². The predicted octanol–water partition coefficient (Wildman–Crippen LogP) is 3.42. The molecule has 2 rings (SSSR count). The van der Waals surface area contributed by atoms with E-state index in [1.54, 1.807) is 0 Å². The Morgan fingerprint density at radius 3 is 2.71 bits per heavy atom. The van der Waals surface area contributed by atoms with E-state index >= 15 is 0 Å². The van der Waals surface area contributed by atoms with Crippen molar-refractivity contribution in [3.05, 3.63) is 35.2 Å². The molecule has 2 N–H and O–H groups in total. The van der Waals surface area contributed by atoms with Gasteiger partial charge in [0.15, 0.2) is 0 Å². The van der Waals surface area contributed by atoms with Gasteiger partial charge in [0.25, 0.3) is 0 Å². The van der Waals surface area contributed by atoms with Crippen molar-refractivity contribution in [1.82, 2.24) is 9.38 Å². The van der Waals surface area contributed by atoms with E-state index < -0.39 is 0 Å². The van der Waals surface area contributed by atoms with Crippen molar-refractivity contribution in [1.29, 1.82) is 0 Å². The van der Waals surface area contributed by atoms with Crippen molar-refractivity contribution in [3.63, 3.8) is 0 Å². The van der Waals surface area contributed by atoms with Crippen molar-refractivity contribution in [2.24, 2.45) is 11.7 Å². The van der Waals surface area contributed by atoms with E-state index in [1.165, 1.54) is 0 Å². The molecule has 17 heavy (non-hydrogen) atoms. The van der Waals surface area contributed by atoms with Crippen LogP contribution in [0.5, 0.6) is 0 Å². The van der Waals surface area contributed by atoms with Crippen LogP contribution in [0.1, 0.15) is 38.4 Å². The van der Waals surface area contributed by atoms with E-state index in [9.17, 15) is 0 Å². The smallest absolute Gasteiger partial charge is 0.137 e. The minimum Gasteiger partial charge on any atom is -0.322 e. The molecule has 1 atom stereocenters. The Morgan fingerprint density at radius 1 is 1.35 bits per heavy atom. The number of fused-ring (bicyclic) bond motifs is 1. The molecule has 0 amide bonds. The lowest BCUT2D eigenvalue weighted by molar-refractivity contribution is 0.397. The number of aromatic nitrogens is 2. The van der Waals surface area contributed by atoms with Gasteiger partial charge < -0.3 is 10.1 Å². The SMILES string of the molecule is CCC(CC)C(N)c1cnc2ccc(Cl)cn12. The molecular weight excluding hydrogens is 234 g/mol. The standard InChI is InChI=1S/C13H18ClN3/c1-3-9(4-2)13(15)11-7-16-12-6-5-10(14)8-17(11)12/h5-9,13H,3-4,15H2,1-2H3. The van der Waals surface area contributed by atoms with E-state index in [2.05, 4.69) is 18.8 Å². The molecule has 0 spiro atoms. The summed E-state index contributed by atoms with van der Waals surface area (Å²) in [4.78, 5) is 4.36. The molecule has 0 aliphatic carbocycles. The first kappa shape index (κ1) is 12.4. The van der Waals surface area contributed by atoms with Crippen LogP contribution in [-0.4, -0.2) is 9.38 Å². The normalized spacial score (nSPS) is 13.5. The fourth-order valence-electron chi connectivity index (χ4n) is 2.26. The summed E-state index contributed by atoms with van der Waals surface area (Å²) >= 11 is 6.01. The molecule has 0 bridgehead atoms. The van der Waals surface area contributed by atoms with Gasteiger partial charge >= 0.3 is 0 Å². The van der Waals surface area contributed by atoms with Crippen molar-refractivity contribution in [2.45, 2.75) is 32.7 Å². The first-order valence-electron chi connectivity index (χ1n) is 6.05. The van der Waals surface area contributed by atoms with Gasteiger partial charge in [-0.15, -0.1) is 0 Å². The molecule has 0 saturated heterocycles. The van der Waals surface area contributed by atoms with E-state index in [0.717, 1.165) is 24.2 Å². The van der Waals surface area contributed by atoms with Crippen LogP contribution in [0.2, 0.25) is 5.02 Å². The Morgan fingerprint density at radius 2 is 2.06 bits per heavy atom. The predicted molar refractivity (Wildman–Crippen MR) is 71.2 cm³/mol. The minimum absolute atomic E-state index is 0.0125. The Hall–Kier alpha value is -1.06. The van der Waals surface area contributed by atoms with Gasteiger partial charge in [-0.25, -0.2) is 4.98 Å². The van der Waals surface area contributed by atoms with Gasteiger partial charge in [-0.3, -0.25) is 0 Å². The minimum atomic E-state index is 0.0125. The number of pyridine rings is 1. The summed E-state index contributed by atoms with van der Waals surface area (Å²) in [6.45, 7) is 4.34. The molecule has 92 valence electrons. The fraction of sp³-hybridized carbons (Fsp3) is 0.462. The van der Waals surface area contributed by atoms with E-state index in [1.807, 2.05) is 28.9 Å². The molecule has 0 radical (unpaired) electrons. The maximum Gasteiger partial charge on any atom is 0.137 e. The number of nitrogens with two attached hydrogens (primary N) is 1. The molecule has 0 aliphatic rings. The quantitative estimate of drug-likeness (QED) is 0.905. The van der Waals surface area contributed by atoms with Crippen molar-refractivity contribution in [3.8, 4) is 0 Å². The van der Waals surface area contributed by atoms with Gasteiger partial charge in [0.05, 0.1) is 16.9 Å². The number of nitrogens with zero attached hydrogens (tertiary/aromatic N) is 2. The molecule has 2 aromatic heterocycles. The molecule has 0 fully saturated rings. The van der Waals surface area contributed by atoms with Crippen LogP contribution >= 0.6 is 11.6 Å². The number of hydrogen-bond acceptors (Lipinski definition) is 2. The van der Waals surface area contributed by atoms with Gasteiger partial charge in [0.1, 0.15) is 5.65 Å². The van der Waals surface area contributed by atoms with E-state index in [-0.39, 0.29) is 6.04 Å². The molecule has 3 nitrogen and oxygen atoms in total. The number of imidazole rings is 1. The van der Waals surface area contributed by atoms with Gasteiger partial charge in [-0.1, -0.05) is 38.3 Å². The summed E-state index contributed by atoms with van der Waals surface area (Å²) in [5.74, 6) is 0.480. The highest BCUT2D eigenvalue weighted by molar-refractivity contribution is 6.30. The third-order valence-electron chi connectivity index (χ3n) is 3.40. The summed E-state index contributed by atoms with van der Waals surface area (Å²) in [5, 5.41) is 0.702. The average molecular weight is 252 g/mol. The number of halogens is 1. The maximum absolute atomic E-state index is 6.32. The molecule has 0 aromatic carbocycles. The molecule has 1 unspecified atom stereocenters. The second kappa shape index (κ2) is 5.07. The third-order valence-corrected chi connectivity index (χ3v) is 3.62. The lowest BCUT2D eigenvalue weighted by Gasteiger charge is -2.20. The number of hydrogen-bond donors (Lipinski definition) is 1. The summed E-state index contributed by atoms with van der Waals surface area (Å²) in [6, 6.07) is 3.76. The van der Waals surface area contributed by atoms with Crippen LogP contribution in [-0.2, 0) is 0 Å². The van der Waals surface area contributed by atoms with Gasteiger partial charge in [-0.2, -0.15) is 0 Å². The van der Waals surface area contributed by atoms with Crippen LogP contribution in [0.25, 0.3) is 5.65 Å². The number of rotatable bonds is 4. The Kier molecular flexibility index (Phi) is 3.69. The summed E-state index contributed by atoms with van der Waals surface area (Å²) in [5.41, 5.74) is 8.25. The molecule has 0 saturated carbocycles. The first-order chi connectivity index (χ1) is 8.17. The summed E-state index contributed by atoms with van der Waals surface area (Å²) < 4.78 is 1.99. The third kappa shape index (κ3) is 2.31. The highest BCUT2D eigenvalue weighted by Gasteiger charge is 2.19. The lowest BCUT2D eigenvalue weighted by Crippen LogP contribution is -2.21. The Balaban J connectivity index is 2.44. The zero-order valence-electron chi connectivity index (χ0n) is 10.2. The molecule has 0 aliphatic heterocycles. The topological polar surface area (TPSA) is 43.3 Å². The van der Waals surface area contributed by atoms with Crippen molar-refractivity contribution in [2.75, 3.05) is 0 Å². The highest BCUT2D eigenvalue weighted by Crippen LogP contribution is 2.26. The second-order valence-electron chi connectivity index (χ2n) is 4.36. The van der Waals surface area contributed by atoms with E-state index in [0.29, 0.717) is 10.9 Å². The van der Waals surface area contributed by atoms with Crippen LogP contribution in [0.3, 0.4) is 0 Å². The van der Waals surface area contributed by atoms with Crippen molar-refractivity contribution < 1.29 is 0 Å². The van der Waals surface area contributed by atoms with Gasteiger partial charge in [-0.05, 0) is 18.1 Å². The molecule has 2 aromatic rings. The summed E-state index contributed by atoms with van der Waals surface area (Å²) in [7, 11) is 0. The zero-order chi connectivity index (χ0) is 12.4. The summed E-state index contributed by atoms with van der Waals surface area (Å²) in [6.07, 6.45) is 5.88. The largest absolute Gasteiger partial charge is 0.322 e. The van der Waals surface area contributed by atoms with Crippen LogP contribution in [0.4, 0.5) is 0 Å². The van der Waals surface area contributed by atoms with Crippen LogP contribution in [0.15, 0.2) is 24.5 Å². The monoisotopic (exact) mass is 251 g/mol.